The van der Waals surface area contributed by atoms with Crippen LogP contribution in [0.1, 0.15) is 22.3 Å². The SMILES string of the molecule is Cc1cccc(C)c1Cn1c(-c2cccc(C)c2OCC(N)=O)nc2ccccc21. The number of primary amides is 1. The van der Waals surface area contributed by atoms with Crippen LogP contribution < -0.4 is 10.5 Å². The molecule has 0 radical (unpaired) electrons. The van der Waals surface area contributed by atoms with Crippen LogP contribution in [0.25, 0.3) is 22.4 Å². The average Bonchev–Trinajstić information content (AvgIpc) is 3.08. The maximum atomic E-state index is 11.3. The summed E-state index contributed by atoms with van der Waals surface area (Å²) < 4.78 is 8.02. The van der Waals surface area contributed by atoms with Gasteiger partial charge in [0, 0.05) is 0 Å². The van der Waals surface area contributed by atoms with Gasteiger partial charge in [0.25, 0.3) is 5.91 Å². The number of aromatic nitrogens is 2. The van der Waals surface area contributed by atoms with Crippen molar-refractivity contribution in [1.82, 2.24) is 9.55 Å². The third kappa shape index (κ3) is 3.66. The van der Waals surface area contributed by atoms with Gasteiger partial charge >= 0.3 is 0 Å². The van der Waals surface area contributed by atoms with E-state index in [0.717, 1.165) is 28.0 Å². The number of carbonyl (C=O) groups is 1. The zero-order chi connectivity index (χ0) is 21.3. The van der Waals surface area contributed by atoms with Gasteiger partial charge < -0.3 is 15.0 Å². The van der Waals surface area contributed by atoms with Crippen LogP contribution in [0.2, 0.25) is 0 Å². The molecular weight excluding hydrogens is 374 g/mol. The summed E-state index contributed by atoms with van der Waals surface area (Å²) in [6, 6.07) is 20.4. The van der Waals surface area contributed by atoms with Crippen molar-refractivity contribution < 1.29 is 9.53 Å². The van der Waals surface area contributed by atoms with Crippen LogP contribution in [0.3, 0.4) is 0 Å². The van der Waals surface area contributed by atoms with Crippen LogP contribution in [0.15, 0.2) is 60.7 Å². The van der Waals surface area contributed by atoms with E-state index in [1.807, 2.05) is 43.3 Å². The number of ether oxygens (including phenoxy) is 1. The summed E-state index contributed by atoms with van der Waals surface area (Å²) in [5.74, 6) is 0.935. The predicted octanol–water partition coefficient (Wildman–Crippen LogP) is 4.54. The molecule has 0 bridgehead atoms. The van der Waals surface area contributed by atoms with Gasteiger partial charge in [-0.3, -0.25) is 4.79 Å². The molecule has 1 amide bonds. The number of nitrogens with zero attached hydrogens (tertiary/aromatic N) is 2. The van der Waals surface area contributed by atoms with Crippen LogP contribution in [-0.4, -0.2) is 22.1 Å². The van der Waals surface area contributed by atoms with E-state index < -0.39 is 5.91 Å². The predicted molar refractivity (Wildman–Crippen MR) is 120 cm³/mol. The fourth-order valence-corrected chi connectivity index (χ4v) is 3.86. The quantitative estimate of drug-likeness (QED) is 0.517. The van der Waals surface area contributed by atoms with Crippen molar-refractivity contribution in [2.75, 3.05) is 6.61 Å². The molecule has 152 valence electrons. The smallest absolute Gasteiger partial charge is 0.255 e. The summed E-state index contributed by atoms with van der Waals surface area (Å²) in [5, 5.41) is 0. The summed E-state index contributed by atoms with van der Waals surface area (Å²) in [6.45, 7) is 6.75. The minimum atomic E-state index is -0.506. The number of amides is 1. The second kappa shape index (κ2) is 8.03. The first-order valence-corrected chi connectivity index (χ1v) is 9.97. The van der Waals surface area contributed by atoms with Gasteiger partial charge in [-0.1, -0.05) is 42.5 Å². The molecular formula is C25H25N3O2. The summed E-state index contributed by atoms with van der Waals surface area (Å²) in [6.07, 6.45) is 0. The van der Waals surface area contributed by atoms with E-state index in [1.54, 1.807) is 0 Å². The molecule has 0 saturated carbocycles. The summed E-state index contributed by atoms with van der Waals surface area (Å²) in [7, 11) is 0. The van der Waals surface area contributed by atoms with Crippen molar-refractivity contribution in [3.63, 3.8) is 0 Å². The maximum absolute atomic E-state index is 11.3. The zero-order valence-corrected chi connectivity index (χ0v) is 17.5. The summed E-state index contributed by atoms with van der Waals surface area (Å²) in [5.41, 5.74) is 12.8. The molecule has 4 rings (SSSR count). The molecule has 0 fully saturated rings. The van der Waals surface area contributed by atoms with Crippen molar-refractivity contribution in [3.05, 3.63) is 82.9 Å². The maximum Gasteiger partial charge on any atom is 0.255 e. The highest BCUT2D eigenvalue weighted by Gasteiger charge is 2.19. The van der Waals surface area contributed by atoms with Crippen molar-refractivity contribution in [2.24, 2.45) is 5.73 Å². The molecule has 0 aliphatic rings. The largest absolute Gasteiger partial charge is 0.483 e. The number of hydrogen-bond acceptors (Lipinski definition) is 3. The molecule has 30 heavy (non-hydrogen) atoms. The summed E-state index contributed by atoms with van der Waals surface area (Å²) in [4.78, 5) is 16.3. The standard InChI is InChI=1S/C25H25N3O2/c1-16-8-6-9-17(2)20(16)14-28-22-13-5-4-12-21(22)27-25(28)19-11-7-10-18(3)24(19)30-15-23(26)29/h4-13H,14-15H2,1-3H3,(H2,26,29). The van der Waals surface area contributed by atoms with E-state index in [9.17, 15) is 4.79 Å². The minimum absolute atomic E-state index is 0.172. The van der Waals surface area contributed by atoms with E-state index in [4.69, 9.17) is 15.5 Å². The van der Waals surface area contributed by atoms with Crippen LogP contribution in [0.4, 0.5) is 0 Å². The molecule has 0 aliphatic heterocycles. The monoisotopic (exact) mass is 399 g/mol. The normalized spacial score (nSPS) is 11.0. The van der Waals surface area contributed by atoms with Crippen LogP contribution in [-0.2, 0) is 11.3 Å². The molecule has 5 nitrogen and oxygen atoms in total. The Hall–Kier alpha value is -3.60. The Bertz CT molecular complexity index is 1220. The van der Waals surface area contributed by atoms with Crippen LogP contribution in [0.5, 0.6) is 5.75 Å². The van der Waals surface area contributed by atoms with Crippen molar-refractivity contribution in [1.29, 1.82) is 0 Å². The second-order valence-electron chi connectivity index (χ2n) is 7.59. The van der Waals surface area contributed by atoms with E-state index in [2.05, 4.69) is 42.7 Å². The van der Waals surface area contributed by atoms with Gasteiger partial charge in [-0.05, 0) is 61.2 Å². The Morgan fingerprint density at radius 2 is 1.60 bits per heavy atom. The molecule has 2 N–H and O–H groups in total. The lowest BCUT2D eigenvalue weighted by atomic mass is 10.0. The number of benzene rings is 3. The highest BCUT2D eigenvalue weighted by atomic mass is 16.5. The van der Waals surface area contributed by atoms with Crippen molar-refractivity contribution >= 4 is 16.9 Å². The first-order chi connectivity index (χ1) is 14.5. The molecule has 1 heterocycles. The molecule has 4 aromatic rings. The molecule has 0 aliphatic carbocycles. The highest BCUT2D eigenvalue weighted by molar-refractivity contribution is 5.83. The minimum Gasteiger partial charge on any atom is -0.483 e. The zero-order valence-electron chi connectivity index (χ0n) is 17.5. The Labute approximate surface area is 176 Å². The lowest BCUT2D eigenvalue weighted by Crippen LogP contribution is -2.20. The molecule has 1 aromatic heterocycles. The van der Waals surface area contributed by atoms with E-state index >= 15 is 0 Å². The van der Waals surface area contributed by atoms with Crippen LogP contribution in [0, 0.1) is 20.8 Å². The fraction of sp³-hybridized carbons (Fsp3) is 0.200. The van der Waals surface area contributed by atoms with Gasteiger partial charge in [0.05, 0.1) is 23.1 Å². The Balaban J connectivity index is 1.92. The lowest BCUT2D eigenvalue weighted by molar-refractivity contribution is -0.119. The van der Waals surface area contributed by atoms with E-state index in [0.29, 0.717) is 12.3 Å². The number of para-hydroxylation sites is 3. The van der Waals surface area contributed by atoms with Gasteiger partial charge in [-0.2, -0.15) is 0 Å². The number of fused-ring (bicyclic) bond motifs is 1. The van der Waals surface area contributed by atoms with Gasteiger partial charge in [0.15, 0.2) is 6.61 Å². The third-order valence-corrected chi connectivity index (χ3v) is 5.43. The first kappa shape index (κ1) is 19.7. The molecule has 0 unspecified atom stereocenters. The van der Waals surface area contributed by atoms with E-state index in [1.165, 1.54) is 16.7 Å². The molecule has 0 atom stereocenters. The first-order valence-electron chi connectivity index (χ1n) is 9.97. The Morgan fingerprint density at radius 1 is 0.933 bits per heavy atom. The highest BCUT2D eigenvalue weighted by Crippen LogP contribution is 2.35. The second-order valence-corrected chi connectivity index (χ2v) is 7.59. The number of nitrogens with two attached hydrogens (primary N) is 1. The molecule has 5 heteroatoms. The van der Waals surface area contributed by atoms with Crippen molar-refractivity contribution in [3.8, 4) is 17.1 Å². The van der Waals surface area contributed by atoms with Gasteiger partial charge in [-0.15, -0.1) is 0 Å². The fourth-order valence-electron chi connectivity index (χ4n) is 3.86. The third-order valence-electron chi connectivity index (χ3n) is 5.43. The number of hydrogen-bond donors (Lipinski definition) is 1. The Kier molecular flexibility index (Phi) is 5.27. The number of rotatable bonds is 6. The molecule has 0 saturated heterocycles. The van der Waals surface area contributed by atoms with Crippen molar-refractivity contribution in [2.45, 2.75) is 27.3 Å². The molecule has 3 aromatic carbocycles. The van der Waals surface area contributed by atoms with Gasteiger partial charge in [0.1, 0.15) is 11.6 Å². The lowest BCUT2D eigenvalue weighted by Gasteiger charge is -2.17. The average molecular weight is 399 g/mol. The van der Waals surface area contributed by atoms with Crippen LogP contribution >= 0.6 is 0 Å². The van der Waals surface area contributed by atoms with E-state index in [-0.39, 0.29) is 6.61 Å². The summed E-state index contributed by atoms with van der Waals surface area (Å²) >= 11 is 0. The number of carbonyl (C=O) groups excluding carboxylic acids is 1. The van der Waals surface area contributed by atoms with Gasteiger partial charge in [-0.25, -0.2) is 4.98 Å². The number of aryl methyl sites for hydroxylation is 3. The van der Waals surface area contributed by atoms with Gasteiger partial charge in [0.2, 0.25) is 0 Å². The topological polar surface area (TPSA) is 70.1 Å². The number of imidazole rings is 1. The Morgan fingerprint density at radius 3 is 2.33 bits per heavy atom. The molecule has 0 spiro atoms.